The minimum Gasteiger partial charge on any atom is -0.309 e. The molecule has 9 heteroatoms. The third-order valence-electron chi connectivity index (χ3n) is 4.24. The lowest BCUT2D eigenvalue weighted by Gasteiger charge is -2.08. The highest BCUT2D eigenvalue weighted by atomic mass is 35.5. The van der Waals surface area contributed by atoms with Crippen LogP contribution < -0.4 is 0 Å². The molecule has 136 valence electrons. The molecular formula is C17H17ClN4O2S2. The Bertz CT molecular complexity index is 1200. The van der Waals surface area contributed by atoms with Gasteiger partial charge in [0.15, 0.2) is 10.2 Å². The number of nitrogens with zero attached hydrogens (tertiary/aromatic N) is 4. The molecular weight excluding hydrogens is 392 g/mol. The second-order valence-electron chi connectivity index (χ2n) is 6.28. The van der Waals surface area contributed by atoms with E-state index < -0.39 is 10.0 Å². The number of halogens is 1. The van der Waals surface area contributed by atoms with Crippen LogP contribution in [0.5, 0.6) is 0 Å². The van der Waals surface area contributed by atoms with Gasteiger partial charge in [-0.05, 0) is 49.7 Å². The first-order chi connectivity index (χ1) is 12.4. The van der Waals surface area contributed by atoms with Gasteiger partial charge in [-0.3, -0.25) is 4.40 Å². The molecule has 0 amide bonds. The van der Waals surface area contributed by atoms with Gasteiger partial charge in [-0.2, -0.15) is 8.42 Å². The van der Waals surface area contributed by atoms with Gasteiger partial charge < -0.3 is 4.90 Å². The summed E-state index contributed by atoms with van der Waals surface area (Å²) in [4.78, 5) is 6.94. The van der Waals surface area contributed by atoms with Crippen molar-refractivity contribution in [1.29, 1.82) is 0 Å². The van der Waals surface area contributed by atoms with Crippen LogP contribution in [-0.4, -0.2) is 47.3 Å². The number of rotatable bonds is 5. The Morgan fingerprint density at radius 3 is 2.85 bits per heavy atom. The first-order valence-electron chi connectivity index (χ1n) is 8.00. The number of aromatic nitrogens is 3. The van der Waals surface area contributed by atoms with Crippen LogP contribution >= 0.6 is 22.9 Å². The average molecular weight is 409 g/mol. The van der Waals surface area contributed by atoms with Crippen molar-refractivity contribution in [2.24, 2.45) is 0 Å². The molecule has 0 aliphatic rings. The Kier molecular flexibility index (Phi) is 4.31. The van der Waals surface area contributed by atoms with Crippen LogP contribution in [0.25, 0.3) is 15.9 Å². The minimum atomic E-state index is -3.89. The van der Waals surface area contributed by atoms with Crippen molar-refractivity contribution >= 4 is 48.8 Å². The topological polar surface area (TPSA) is 59.6 Å². The van der Waals surface area contributed by atoms with Gasteiger partial charge in [0.25, 0.3) is 10.0 Å². The molecule has 0 saturated carbocycles. The second kappa shape index (κ2) is 6.38. The highest BCUT2D eigenvalue weighted by Gasteiger charge is 2.28. The number of hydrogen-bond donors (Lipinski definition) is 0. The zero-order valence-electron chi connectivity index (χ0n) is 14.3. The number of likely N-dealkylation sites (N-methyl/N-ethyl adjacent to an activating group) is 1. The average Bonchev–Trinajstić information content (AvgIpc) is 3.25. The third-order valence-corrected chi connectivity index (χ3v) is 7.33. The Labute approximate surface area is 160 Å². The van der Waals surface area contributed by atoms with Gasteiger partial charge in [0, 0.05) is 24.3 Å². The highest BCUT2D eigenvalue weighted by molar-refractivity contribution is 7.90. The molecule has 0 fully saturated rings. The number of fused-ring (bicyclic) bond motifs is 2. The fraction of sp³-hybridized carbons (Fsp3) is 0.235. The maximum absolute atomic E-state index is 13.4. The van der Waals surface area contributed by atoms with Gasteiger partial charge in [-0.1, -0.05) is 17.7 Å². The molecule has 0 aliphatic heterocycles. The Hall–Kier alpha value is -1.87. The fourth-order valence-electron chi connectivity index (χ4n) is 2.98. The van der Waals surface area contributed by atoms with E-state index in [0.717, 1.165) is 23.9 Å². The van der Waals surface area contributed by atoms with E-state index >= 15 is 0 Å². The first-order valence-corrected chi connectivity index (χ1v) is 10.7. The maximum atomic E-state index is 13.4. The van der Waals surface area contributed by atoms with E-state index in [1.54, 1.807) is 30.6 Å². The molecule has 4 aromatic heterocycles. The summed E-state index contributed by atoms with van der Waals surface area (Å²) >= 11 is 7.61. The monoisotopic (exact) mass is 408 g/mol. The summed E-state index contributed by atoms with van der Waals surface area (Å²) in [5.41, 5.74) is 1.50. The number of thiophene rings is 1. The summed E-state index contributed by atoms with van der Waals surface area (Å²) in [6.07, 6.45) is 4.13. The number of imidazole rings is 1. The molecule has 0 N–H and O–H groups in total. The summed E-state index contributed by atoms with van der Waals surface area (Å²) in [5, 5.41) is 2.83. The van der Waals surface area contributed by atoms with E-state index in [2.05, 4.69) is 9.88 Å². The normalized spacial score (nSPS) is 12.6. The summed E-state index contributed by atoms with van der Waals surface area (Å²) in [5.74, 6) is 0. The molecule has 0 spiro atoms. The van der Waals surface area contributed by atoms with Crippen molar-refractivity contribution in [1.82, 2.24) is 18.3 Å². The van der Waals surface area contributed by atoms with Gasteiger partial charge in [0.1, 0.15) is 10.5 Å². The van der Waals surface area contributed by atoms with Crippen molar-refractivity contribution in [3.05, 3.63) is 52.8 Å². The maximum Gasteiger partial charge on any atom is 0.288 e. The van der Waals surface area contributed by atoms with Crippen LogP contribution in [0, 0.1) is 0 Å². The van der Waals surface area contributed by atoms with E-state index in [4.69, 9.17) is 11.6 Å². The van der Waals surface area contributed by atoms with Gasteiger partial charge in [-0.15, -0.1) is 11.3 Å². The molecule has 0 aromatic carbocycles. The van der Waals surface area contributed by atoms with Crippen LogP contribution in [0.4, 0.5) is 0 Å². The Morgan fingerprint density at radius 2 is 2.08 bits per heavy atom. The highest BCUT2D eigenvalue weighted by Crippen LogP contribution is 2.32. The summed E-state index contributed by atoms with van der Waals surface area (Å²) in [6.45, 7) is 0.839. The predicted molar refractivity (Wildman–Crippen MR) is 105 cm³/mol. The van der Waals surface area contributed by atoms with Gasteiger partial charge in [0.05, 0.1) is 0 Å². The lowest BCUT2D eigenvalue weighted by molar-refractivity contribution is 0.414. The van der Waals surface area contributed by atoms with Crippen molar-refractivity contribution in [2.45, 2.75) is 11.4 Å². The van der Waals surface area contributed by atoms with Crippen molar-refractivity contribution in [2.75, 3.05) is 20.6 Å². The van der Waals surface area contributed by atoms with Crippen LogP contribution in [-0.2, 0) is 16.4 Å². The zero-order valence-corrected chi connectivity index (χ0v) is 16.6. The molecule has 0 saturated heterocycles. The molecule has 0 radical (unpaired) electrons. The minimum absolute atomic E-state index is 0.0146. The van der Waals surface area contributed by atoms with Gasteiger partial charge in [-0.25, -0.2) is 8.96 Å². The fourth-order valence-corrected chi connectivity index (χ4v) is 6.12. The van der Waals surface area contributed by atoms with Crippen LogP contribution in [0.3, 0.4) is 0 Å². The standard InChI is InChI=1S/C17H17ClN4O2S2/c1-20(2)9-6-12-11-22(16-13(12)7-10-25-16)26(23,24)17-15(18)19-14-5-3-4-8-21(14)17/h3-5,7-8,10-11H,6,9H2,1-2H3. The van der Waals surface area contributed by atoms with E-state index in [1.165, 1.54) is 19.7 Å². The zero-order chi connectivity index (χ0) is 18.5. The lowest BCUT2D eigenvalue weighted by atomic mass is 10.2. The smallest absolute Gasteiger partial charge is 0.288 e. The molecule has 26 heavy (non-hydrogen) atoms. The largest absolute Gasteiger partial charge is 0.309 e. The number of pyridine rings is 1. The number of hydrogen-bond acceptors (Lipinski definition) is 5. The van der Waals surface area contributed by atoms with E-state index in [9.17, 15) is 8.42 Å². The molecule has 4 aromatic rings. The van der Waals surface area contributed by atoms with E-state index in [-0.39, 0.29) is 10.2 Å². The molecule has 0 atom stereocenters. The molecule has 0 unspecified atom stereocenters. The van der Waals surface area contributed by atoms with Crippen molar-refractivity contribution < 1.29 is 8.42 Å². The van der Waals surface area contributed by atoms with E-state index in [1.807, 2.05) is 25.5 Å². The molecule has 6 nitrogen and oxygen atoms in total. The molecule has 4 heterocycles. The summed E-state index contributed by atoms with van der Waals surface area (Å²) in [7, 11) is 0.108. The summed E-state index contributed by atoms with van der Waals surface area (Å²) < 4.78 is 29.7. The Morgan fingerprint density at radius 1 is 1.27 bits per heavy atom. The SMILES string of the molecule is CN(C)CCc1cn(S(=O)(=O)c2c(Cl)nc3ccccn23)c2sccc12. The van der Waals surface area contributed by atoms with Crippen molar-refractivity contribution in [3.8, 4) is 0 Å². The predicted octanol–water partition coefficient (Wildman–Crippen LogP) is 3.35. The van der Waals surface area contributed by atoms with Crippen molar-refractivity contribution in [3.63, 3.8) is 0 Å². The molecule has 0 aliphatic carbocycles. The van der Waals surface area contributed by atoms with Crippen LogP contribution in [0.1, 0.15) is 5.56 Å². The molecule has 0 bridgehead atoms. The van der Waals surface area contributed by atoms with E-state index in [0.29, 0.717) is 10.5 Å². The molecule has 4 rings (SSSR count). The third kappa shape index (κ3) is 2.73. The quantitative estimate of drug-likeness (QED) is 0.508. The van der Waals surface area contributed by atoms with Gasteiger partial charge in [0.2, 0.25) is 0 Å². The lowest BCUT2D eigenvalue weighted by Crippen LogP contribution is -2.16. The second-order valence-corrected chi connectivity index (χ2v) is 9.27. The Balaban J connectivity index is 1.91. The summed E-state index contributed by atoms with van der Waals surface area (Å²) in [6, 6.07) is 7.24. The first kappa shape index (κ1) is 17.5. The van der Waals surface area contributed by atoms with Crippen LogP contribution in [0.15, 0.2) is 47.1 Å². The van der Waals surface area contributed by atoms with Crippen LogP contribution in [0.2, 0.25) is 5.15 Å². The van der Waals surface area contributed by atoms with Gasteiger partial charge >= 0.3 is 0 Å².